The Hall–Kier alpha value is -1.64. The number of hydrogen-bond acceptors (Lipinski definition) is 5. The molecule has 0 aliphatic rings. The molecule has 0 aliphatic heterocycles. The van der Waals surface area contributed by atoms with Gasteiger partial charge in [0.1, 0.15) is 5.56 Å². The second kappa shape index (κ2) is 8.28. The summed E-state index contributed by atoms with van der Waals surface area (Å²) in [5.74, 6) is -1.18. The number of amides is 1. The third-order valence-corrected chi connectivity index (χ3v) is 4.57. The van der Waals surface area contributed by atoms with Gasteiger partial charge in [0.25, 0.3) is 0 Å². The van der Waals surface area contributed by atoms with Gasteiger partial charge < -0.3 is 10.1 Å². The number of aromatic nitrogens is 2. The van der Waals surface area contributed by atoms with E-state index in [1.807, 2.05) is 20.8 Å². The SMILES string of the molecule is CCCOc1c(C(=O)OF)cnn1CC(Br)C(C)(C)NC(C)=O. The molecular formula is C14H21BrFN3O4. The van der Waals surface area contributed by atoms with Crippen molar-refractivity contribution in [3.63, 3.8) is 0 Å². The predicted molar refractivity (Wildman–Crippen MR) is 85.1 cm³/mol. The van der Waals surface area contributed by atoms with E-state index in [0.717, 1.165) is 0 Å². The quantitative estimate of drug-likeness (QED) is 0.685. The number of nitrogens with zero attached hydrogens (tertiary/aromatic N) is 2. The average molecular weight is 394 g/mol. The molecule has 0 aliphatic carbocycles. The Bertz CT molecular complexity index is 562. The molecular weight excluding hydrogens is 373 g/mol. The summed E-state index contributed by atoms with van der Waals surface area (Å²) in [7, 11) is 0. The molecule has 7 nitrogen and oxygen atoms in total. The summed E-state index contributed by atoms with van der Waals surface area (Å²) < 4.78 is 19.1. The van der Waals surface area contributed by atoms with Gasteiger partial charge in [0.2, 0.25) is 11.8 Å². The molecule has 9 heteroatoms. The van der Waals surface area contributed by atoms with Gasteiger partial charge in [-0.3, -0.25) is 4.79 Å². The highest BCUT2D eigenvalue weighted by atomic mass is 79.9. The van der Waals surface area contributed by atoms with Gasteiger partial charge >= 0.3 is 5.97 Å². The summed E-state index contributed by atoms with van der Waals surface area (Å²) >= 11 is 3.51. The maximum absolute atomic E-state index is 12.2. The molecule has 23 heavy (non-hydrogen) atoms. The van der Waals surface area contributed by atoms with Crippen molar-refractivity contribution in [3.8, 4) is 5.88 Å². The standard InChI is InChI=1S/C14H21BrFN3O4/c1-5-6-22-12-10(13(21)23-16)7-17-19(12)8-11(15)14(3,4)18-9(2)20/h7,11H,5-6,8H2,1-4H3,(H,18,20). The first kappa shape index (κ1) is 19.4. The molecule has 1 aromatic heterocycles. The Morgan fingerprint density at radius 2 is 2.17 bits per heavy atom. The molecule has 1 amide bonds. The van der Waals surface area contributed by atoms with Crippen molar-refractivity contribution in [2.75, 3.05) is 6.61 Å². The summed E-state index contributed by atoms with van der Waals surface area (Å²) in [6.45, 7) is 7.68. The Morgan fingerprint density at radius 3 is 2.70 bits per heavy atom. The minimum atomic E-state index is -1.16. The molecule has 1 heterocycles. The summed E-state index contributed by atoms with van der Waals surface area (Å²) in [5.41, 5.74) is -0.654. The zero-order valence-electron chi connectivity index (χ0n) is 13.6. The highest BCUT2D eigenvalue weighted by Crippen LogP contribution is 2.25. The second-order valence-electron chi connectivity index (χ2n) is 5.63. The van der Waals surface area contributed by atoms with Gasteiger partial charge in [-0.1, -0.05) is 22.9 Å². The summed E-state index contributed by atoms with van der Waals surface area (Å²) in [6.07, 6.45) is 1.91. The summed E-state index contributed by atoms with van der Waals surface area (Å²) in [6, 6.07) is 0. The summed E-state index contributed by atoms with van der Waals surface area (Å²) in [4.78, 5) is 25.8. The van der Waals surface area contributed by atoms with Crippen LogP contribution in [0.3, 0.4) is 0 Å². The molecule has 1 unspecified atom stereocenters. The van der Waals surface area contributed by atoms with Gasteiger partial charge in [-0.05, 0) is 20.3 Å². The van der Waals surface area contributed by atoms with Gasteiger partial charge in [0.05, 0.1) is 24.2 Å². The van der Waals surface area contributed by atoms with Crippen LogP contribution in [0, 0.1) is 0 Å². The lowest BCUT2D eigenvalue weighted by atomic mass is 10.0. The minimum absolute atomic E-state index is 0.0852. The molecule has 0 bridgehead atoms. The van der Waals surface area contributed by atoms with Crippen molar-refractivity contribution in [1.29, 1.82) is 0 Å². The van der Waals surface area contributed by atoms with Crippen molar-refractivity contribution in [1.82, 2.24) is 15.1 Å². The Balaban J connectivity index is 3.00. The fourth-order valence-electron chi connectivity index (χ4n) is 1.95. The minimum Gasteiger partial charge on any atom is -0.477 e. The molecule has 1 atom stereocenters. The van der Waals surface area contributed by atoms with Crippen molar-refractivity contribution in [2.45, 2.75) is 51.0 Å². The van der Waals surface area contributed by atoms with Gasteiger partial charge in [-0.2, -0.15) is 5.10 Å². The molecule has 0 radical (unpaired) electrons. The number of carbonyl (C=O) groups is 2. The van der Waals surface area contributed by atoms with Crippen LogP contribution in [0.5, 0.6) is 5.88 Å². The number of nitrogens with one attached hydrogen (secondary N) is 1. The van der Waals surface area contributed by atoms with Crippen molar-refractivity contribution in [2.24, 2.45) is 0 Å². The average Bonchev–Trinajstić information content (AvgIpc) is 2.85. The third-order valence-electron chi connectivity index (χ3n) is 3.14. The zero-order valence-corrected chi connectivity index (χ0v) is 15.1. The lowest BCUT2D eigenvalue weighted by Gasteiger charge is -2.31. The maximum atomic E-state index is 12.2. The van der Waals surface area contributed by atoms with Crippen LogP contribution in [0.25, 0.3) is 0 Å². The van der Waals surface area contributed by atoms with Crippen LogP contribution in [-0.2, 0) is 16.3 Å². The lowest BCUT2D eigenvalue weighted by molar-refractivity contribution is -0.120. The Morgan fingerprint density at radius 1 is 1.52 bits per heavy atom. The third kappa shape index (κ3) is 5.19. The van der Waals surface area contributed by atoms with Gasteiger partial charge in [0, 0.05) is 17.0 Å². The second-order valence-corrected chi connectivity index (χ2v) is 6.73. The van der Waals surface area contributed by atoms with E-state index < -0.39 is 11.5 Å². The van der Waals surface area contributed by atoms with Gasteiger partial charge in [0.15, 0.2) is 0 Å². The van der Waals surface area contributed by atoms with E-state index in [4.69, 9.17) is 4.74 Å². The number of alkyl halides is 1. The Labute approximate surface area is 142 Å². The van der Waals surface area contributed by atoms with E-state index in [2.05, 4.69) is 31.3 Å². The molecule has 0 saturated carbocycles. The number of rotatable bonds is 8. The van der Waals surface area contributed by atoms with E-state index >= 15 is 0 Å². The molecule has 1 rings (SSSR count). The molecule has 0 spiro atoms. The number of hydrogen-bond donors (Lipinski definition) is 1. The molecule has 130 valence electrons. The number of ether oxygens (including phenoxy) is 1. The van der Waals surface area contributed by atoms with E-state index in [1.54, 1.807) is 0 Å². The molecule has 0 saturated heterocycles. The van der Waals surface area contributed by atoms with Crippen molar-refractivity contribution in [3.05, 3.63) is 11.8 Å². The maximum Gasteiger partial charge on any atom is 0.386 e. The number of carbonyl (C=O) groups excluding carboxylic acids is 2. The van der Waals surface area contributed by atoms with E-state index in [9.17, 15) is 14.1 Å². The zero-order chi connectivity index (χ0) is 17.6. The fourth-order valence-corrected chi connectivity index (χ4v) is 2.34. The van der Waals surface area contributed by atoms with Gasteiger partial charge in [-0.25, -0.2) is 14.4 Å². The largest absolute Gasteiger partial charge is 0.477 e. The first-order chi connectivity index (χ1) is 10.7. The predicted octanol–water partition coefficient (Wildman–Crippen LogP) is 2.39. The van der Waals surface area contributed by atoms with Crippen LogP contribution in [0.15, 0.2) is 6.20 Å². The van der Waals surface area contributed by atoms with Crippen LogP contribution < -0.4 is 10.1 Å². The first-order valence-corrected chi connectivity index (χ1v) is 8.08. The van der Waals surface area contributed by atoms with Crippen LogP contribution >= 0.6 is 15.9 Å². The smallest absolute Gasteiger partial charge is 0.386 e. The fraction of sp³-hybridized carbons (Fsp3) is 0.643. The number of halogens is 2. The first-order valence-electron chi connectivity index (χ1n) is 7.17. The van der Waals surface area contributed by atoms with Crippen LogP contribution in [0.1, 0.15) is 44.5 Å². The van der Waals surface area contributed by atoms with Crippen LogP contribution in [0.4, 0.5) is 4.53 Å². The highest BCUT2D eigenvalue weighted by molar-refractivity contribution is 9.09. The van der Waals surface area contributed by atoms with Crippen LogP contribution in [-0.4, -0.2) is 38.6 Å². The molecule has 1 N–H and O–H groups in total. The molecule has 0 fully saturated rings. The van der Waals surface area contributed by atoms with Crippen molar-refractivity contribution < 1.29 is 23.8 Å². The van der Waals surface area contributed by atoms with E-state index in [-0.39, 0.29) is 22.2 Å². The van der Waals surface area contributed by atoms with E-state index in [1.165, 1.54) is 17.8 Å². The monoisotopic (exact) mass is 393 g/mol. The van der Waals surface area contributed by atoms with Gasteiger partial charge in [-0.15, -0.1) is 0 Å². The topological polar surface area (TPSA) is 82.4 Å². The normalized spacial score (nSPS) is 12.6. The van der Waals surface area contributed by atoms with E-state index in [0.29, 0.717) is 19.6 Å². The molecule has 1 aromatic rings. The molecule has 0 aromatic carbocycles. The van der Waals surface area contributed by atoms with Crippen LogP contribution in [0.2, 0.25) is 0 Å². The summed E-state index contributed by atoms with van der Waals surface area (Å²) in [5, 5.41) is 6.88. The Kier molecular flexibility index (Phi) is 6.99. The van der Waals surface area contributed by atoms with Crippen molar-refractivity contribution >= 4 is 27.8 Å². The lowest BCUT2D eigenvalue weighted by Crippen LogP contribution is -2.50. The highest BCUT2D eigenvalue weighted by Gasteiger charge is 2.31.